The van der Waals surface area contributed by atoms with Crippen LogP contribution in [0.3, 0.4) is 0 Å². The molecule has 0 saturated carbocycles. The van der Waals surface area contributed by atoms with Gasteiger partial charge < -0.3 is 49.1 Å². The maximum atomic E-state index is 12.8. The summed E-state index contributed by atoms with van der Waals surface area (Å²) in [7, 11) is 0. The van der Waals surface area contributed by atoms with E-state index in [1.807, 2.05) is 5.32 Å². The number of carboxylic acids is 1. The first kappa shape index (κ1) is 29.9. The molecule has 188 valence electrons. The SMILES string of the molecule is NC(=O)CCC(NC(=O)C(CCCN=C(N)N)NC(=O)C(N)CS)C(=O)NC(CO)C(=O)O. The maximum absolute atomic E-state index is 12.8. The summed E-state index contributed by atoms with van der Waals surface area (Å²) in [5, 5.41) is 24.9. The zero-order valence-electron chi connectivity index (χ0n) is 17.9. The summed E-state index contributed by atoms with van der Waals surface area (Å²) in [6.07, 6.45) is -0.223. The molecule has 15 nitrogen and oxygen atoms in total. The minimum Gasteiger partial charge on any atom is -0.480 e. The van der Waals surface area contributed by atoms with Crippen molar-refractivity contribution in [3.05, 3.63) is 0 Å². The molecule has 0 aromatic carbocycles. The topological polar surface area (TPSA) is 278 Å². The molecule has 0 fully saturated rings. The lowest BCUT2D eigenvalue weighted by molar-refractivity contribution is -0.143. The average molecular weight is 493 g/mol. The second kappa shape index (κ2) is 15.7. The molecular formula is C17H32N8O7S. The van der Waals surface area contributed by atoms with Crippen LogP contribution in [0.5, 0.6) is 0 Å². The molecule has 0 aliphatic rings. The Hall–Kier alpha value is -3.11. The van der Waals surface area contributed by atoms with E-state index in [2.05, 4.69) is 28.3 Å². The van der Waals surface area contributed by atoms with E-state index in [9.17, 15) is 24.0 Å². The number of aliphatic hydroxyl groups excluding tert-OH is 1. The van der Waals surface area contributed by atoms with Crippen LogP contribution in [0.1, 0.15) is 25.7 Å². The first-order valence-electron chi connectivity index (χ1n) is 9.87. The lowest BCUT2D eigenvalue weighted by Crippen LogP contribution is -2.57. The molecule has 0 radical (unpaired) electrons. The number of thiol groups is 1. The van der Waals surface area contributed by atoms with E-state index in [0.29, 0.717) is 0 Å². The Morgan fingerprint density at radius 1 is 0.879 bits per heavy atom. The first-order chi connectivity index (χ1) is 15.4. The number of rotatable bonds is 16. The predicted octanol–water partition coefficient (Wildman–Crippen LogP) is -4.91. The highest BCUT2D eigenvalue weighted by molar-refractivity contribution is 7.80. The number of hydrogen-bond donors (Lipinski definition) is 10. The molecule has 13 N–H and O–H groups in total. The van der Waals surface area contributed by atoms with Crippen molar-refractivity contribution in [1.29, 1.82) is 0 Å². The van der Waals surface area contributed by atoms with Crippen LogP contribution in [0.4, 0.5) is 0 Å². The predicted molar refractivity (Wildman–Crippen MR) is 121 cm³/mol. The van der Waals surface area contributed by atoms with Crippen molar-refractivity contribution >= 4 is 48.2 Å². The van der Waals surface area contributed by atoms with Gasteiger partial charge in [-0.15, -0.1) is 0 Å². The Morgan fingerprint density at radius 3 is 1.85 bits per heavy atom. The summed E-state index contributed by atoms with van der Waals surface area (Å²) >= 11 is 3.93. The summed E-state index contributed by atoms with van der Waals surface area (Å²) < 4.78 is 0. The van der Waals surface area contributed by atoms with Gasteiger partial charge in [-0.1, -0.05) is 0 Å². The smallest absolute Gasteiger partial charge is 0.328 e. The summed E-state index contributed by atoms with van der Waals surface area (Å²) in [4.78, 5) is 63.5. The molecule has 4 unspecified atom stereocenters. The number of carboxylic acid groups (broad SMARTS) is 1. The zero-order chi connectivity index (χ0) is 25.6. The quantitative estimate of drug-likeness (QED) is 0.0424. The normalized spacial score (nSPS) is 14.2. The number of aliphatic carboxylic acids is 1. The number of nitrogens with one attached hydrogen (secondary N) is 3. The van der Waals surface area contributed by atoms with Crippen molar-refractivity contribution in [2.75, 3.05) is 18.9 Å². The van der Waals surface area contributed by atoms with Crippen LogP contribution in [-0.2, 0) is 24.0 Å². The van der Waals surface area contributed by atoms with E-state index >= 15 is 0 Å². The number of carbonyl (C=O) groups is 5. The minimum absolute atomic E-state index is 0.00948. The van der Waals surface area contributed by atoms with Crippen LogP contribution in [0, 0.1) is 0 Å². The van der Waals surface area contributed by atoms with E-state index in [0.717, 1.165) is 0 Å². The lowest BCUT2D eigenvalue weighted by Gasteiger charge is -2.24. The van der Waals surface area contributed by atoms with E-state index in [4.69, 9.17) is 33.1 Å². The van der Waals surface area contributed by atoms with Gasteiger partial charge in [-0.05, 0) is 19.3 Å². The first-order valence-corrected chi connectivity index (χ1v) is 10.5. The summed E-state index contributed by atoms with van der Waals surface area (Å²) in [6, 6.07) is -5.17. The second-order valence-electron chi connectivity index (χ2n) is 6.95. The third kappa shape index (κ3) is 12.5. The van der Waals surface area contributed by atoms with Crippen LogP contribution in [0.15, 0.2) is 4.99 Å². The van der Waals surface area contributed by atoms with E-state index in [-0.39, 0.29) is 43.9 Å². The van der Waals surface area contributed by atoms with Crippen LogP contribution in [-0.4, -0.2) is 88.8 Å². The van der Waals surface area contributed by atoms with Crippen LogP contribution in [0.2, 0.25) is 0 Å². The number of hydrogen-bond acceptors (Lipinski definition) is 9. The van der Waals surface area contributed by atoms with Gasteiger partial charge in [-0.2, -0.15) is 12.6 Å². The number of nitrogens with zero attached hydrogens (tertiary/aromatic N) is 1. The van der Waals surface area contributed by atoms with E-state index in [1.165, 1.54) is 0 Å². The van der Waals surface area contributed by atoms with Gasteiger partial charge in [0.2, 0.25) is 23.6 Å². The van der Waals surface area contributed by atoms with Gasteiger partial charge in [0.25, 0.3) is 0 Å². The van der Waals surface area contributed by atoms with Gasteiger partial charge in [0.1, 0.15) is 18.1 Å². The molecular weight excluding hydrogens is 460 g/mol. The zero-order valence-corrected chi connectivity index (χ0v) is 18.8. The Morgan fingerprint density at radius 2 is 1.39 bits per heavy atom. The number of amides is 4. The molecule has 0 heterocycles. The highest BCUT2D eigenvalue weighted by atomic mass is 32.1. The fourth-order valence-electron chi connectivity index (χ4n) is 2.42. The Kier molecular flexibility index (Phi) is 14.2. The molecule has 0 aliphatic carbocycles. The Balaban J connectivity index is 5.50. The van der Waals surface area contributed by atoms with Crippen molar-refractivity contribution in [3.8, 4) is 0 Å². The third-order valence-electron chi connectivity index (χ3n) is 4.22. The summed E-state index contributed by atoms with van der Waals surface area (Å²) in [5.74, 6) is -4.86. The van der Waals surface area contributed by atoms with E-state index in [1.54, 1.807) is 0 Å². The van der Waals surface area contributed by atoms with Crippen molar-refractivity contribution < 1.29 is 34.2 Å². The van der Waals surface area contributed by atoms with Gasteiger partial charge in [0, 0.05) is 18.7 Å². The molecule has 0 rings (SSSR count). The summed E-state index contributed by atoms with van der Waals surface area (Å²) in [6.45, 7) is -0.744. The van der Waals surface area contributed by atoms with Crippen molar-refractivity contribution in [3.63, 3.8) is 0 Å². The Labute approximate surface area is 195 Å². The van der Waals surface area contributed by atoms with Crippen molar-refractivity contribution in [2.45, 2.75) is 49.9 Å². The minimum atomic E-state index is -1.63. The van der Waals surface area contributed by atoms with Crippen LogP contribution < -0.4 is 38.9 Å². The number of aliphatic hydroxyl groups is 1. The fraction of sp³-hybridized carbons (Fsp3) is 0.647. The number of carbonyl (C=O) groups excluding carboxylic acids is 4. The molecule has 4 atom stereocenters. The van der Waals surface area contributed by atoms with Crippen LogP contribution >= 0.6 is 12.6 Å². The van der Waals surface area contributed by atoms with Crippen molar-refractivity contribution in [1.82, 2.24) is 16.0 Å². The molecule has 0 aromatic rings. The number of primary amides is 1. The highest BCUT2D eigenvalue weighted by Crippen LogP contribution is 2.04. The largest absolute Gasteiger partial charge is 0.480 e. The van der Waals surface area contributed by atoms with Gasteiger partial charge in [-0.3, -0.25) is 24.2 Å². The van der Waals surface area contributed by atoms with Gasteiger partial charge in [0.05, 0.1) is 12.6 Å². The van der Waals surface area contributed by atoms with Gasteiger partial charge in [0.15, 0.2) is 5.96 Å². The highest BCUT2D eigenvalue weighted by Gasteiger charge is 2.30. The fourth-order valence-corrected chi connectivity index (χ4v) is 2.59. The monoisotopic (exact) mass is 492 g/mol. The third-order valence-corrected chi connectivity index (χ3v) is 4.61. The Bertz CT molecular complexity index is 732. The van der Waals surface area contributed by atoms with Crippen LogP contribution in [0.25, 0.3) is 0 Å². The lowest BCUT2D eigenvalue weighted by atomic mass is 10.1. The van der Waals surface area contributed by atoms with Gasteiger partial charge in [-0.25, -0.2) is 4.79 Å². The number of aliphatic imine (C=N–C) groups is 1. The molecule has 33 heavy (non-hydrogen) atoms. The maximum Gasteiger partial charge on any atom is 0.328 e. The molecule has 4 amide bonds. The molecule has 0 aromatic heterocycles. The number of guanidine groups is 1. The summed E-state index contributed by atoms with van der Waals surface area (Å²) in [5.41, 5.74) is 21.2. The van der Waals surface area contributed by atoms with Gasteiger partial charge >= 0.3 is 5.97 Å². The second-order valence-corrected chi connectivity index (χ2v) is 7.31. The number of nitrogens with two attached hydrogens (primary N) is 4. The average Bonchev–Trinajstić information content (AvgIpc) is 2.75. The van der Waals surface area contributed by atoms with Crippen molar-refractivity contribution in [2.24, 2.45) is 27.9 Å². The molecule has 0 saturated heterocycles. The van der Waals surface area contributed by atoms with E-state index < -0.39 is 60.4 Å². The molecule has 0 bridgehead atoms. The molecule has 0 spiro atoms. The molecule has 16 heteroatoms. The molecule has 0 aliphatic heterocycles. The standard InChI is InChI=1S/C17H32N8O7S/c18-8(7-33)13(28)23-9(2-1-5-22-17(20)21)14(29)24-10(3-4-12(19)27)15(30)25-11(6-26)16(31)32/h8-11,26,33H,1-7,18H2,(H2,19,27)(H,23,28)(H,24,29)(H,25,30)(H,31,32)(H4,20,21,22).